The molecule has 5 heteroatoms. The van der Waals surface area contributed by atoms with Crippen molar-refractivity contribution in [2.24, 2.45) is 5.73 Å². The zero-order chi connectivity index (χ0) is 12.3. The van der Waals surface area contributed by atoms with Crippen LogP contribution in [0.25, 0.3) is 0 Å². The van der Waals surface area contributed by atoms with Crippen LogP contribution in [-0.2, 0) is 11.3 Å². The summed E-state index contributed by atoms with van der Waals surface area (Å²) >= 11 is 0. The lowest BCUT2D eigenvalue weighted by Gasteiger charge is -2.12. The van der Waals surface area contributed by atoms with Crippen LogP contribution in [0.1, 0.15) is 18.9 Å². The van der Waals surface area contributed by atoms with Gasteiger partial charge in [-0.25, -0.2) is 0 Å². The quantitative estimate of drug-likeness (QED) is 0.602. The topological polar surface area (TPSA) is 77.6 Å². The molecule has 0 aromatic heterocycles. The number of benzene rings is 1. The third kappa shape index (κ3) is 3.10. The largest absolute Gasteiger partial charge is 0.454 e. The Hall–Kier alpha value is -1.75. The van der Waals surface area contributed by atoms with Crippen molar-refractivity contribution >= 4 is 5.84 Å². The van der Waals surface area contributed by atoms with Gasteiger partial charge in [0.15, 0.2) is 11.5 Å². The van der Waals surface area contributed by atoms with E-state index >= 15 is 0 Å². The number of hydrogen-bond donors (Lipinski definition) is 2. The molecule has 0 fully saturated rings. The van der Waals surface area contributed by atoms with Gasteiger partial charge in [-0.1, -0.05) is 6.07 Å². The Morgan fingerprint density at radius 3 is 3.00 bits per heavy atom. The molecular formula is C12H16N2O3. The van der Waals surface area contributed by atoms with Gasteiger partial charge in [-0.05, 0) is 24.6 Å². The Bertz CT molecular complexity index is 420. The van der Waals surface area contributed by atoms with Gasteiger partial charge in [0.1, 0.15) is 0 Å². The van der Waals surface area contributed by atoms with Crippen molar-refractivity contribution in [2.45, 2.75) is 26.1 Å². The fourth-order valence-electron chi connectivity index (χ4n) is 1.64. The molecule has 0 spiro atoms. The van der Waals surface area contributed by atoms with Crippen molar-refractivity contribution in [2.75, 3.05) is 6.79 Å². The fourth-order valence-corrected chi connectivity index (χ4v) is 1.64. The summed E-state index contributed by atoms with van der Waals surface area (Å²) < 4.78 is 16.1. The molecule has 1 heterocycles. The lowest BCUT2D eigenvalue weighted by atomic mass is 10.2. The first-order valence-corrected chi connectivity index (χ1v) is 5.48. The van der Waals surface area contributed by atoms with Crippen LogP contribution in [0.15, 0.2) is 18.2 Å². The molecule has 2 rings (SSSR count). The summed E-state index contributed by atoms with van der Waals surface area (Å²) in [6.07, 6.45) is 0.391. The first-order valence-electron chi connectivity index (χ1n) is 5.48. The summed E-state index contributed by atoms with van der Waals surface area (Å²) in [5.74, 6) is 1.67. The van der Waals surface area contributed by atoms with Gasteiger partial charge >= 0.3 is 0 Å². The molecular weight excluding hydrogens is 220 g/mol. The molecule has 1 aliphatic rings. The Labute approximate surface area is 100.0 Å². The second kappa shape index (κ2) is 5.05. The minimum atomic E-state index is -0.0575. The number of hydrogen-bond acceptors (Lipinski definition) is 4. The lowest BCUT2D eigenvalue weighted by molar-refractivity contribution is 0.0577. The van der Waals surface area contributed by atoms with E-state index in [-0.39, 0.29) is 18.7 Å². The molecule has 92 valence electrons. The zero-order valence-electron chi connectivity index (χ0n) is 9.73. The van der Waals surface area contributed by atoms with Crippen molar-refractivity contribution in [1.29, 1.82) is 5.41 Å². The van der Waals surface area contributed by atoms with Crippen LogP contribution < -0.4 is 15.2 Å². The molecule has 3 N–H and O–H groups in total. The van der Waals surface area contributed by atoms with Crippen molar-refractivity contribution in [3.63, 3.8) is 0 Å². The highest BCUT2D eigenvalue weighted by Gasteiger charge is 2.13. The van der Waals surface area contributed by atoms with Crippen molar-refractivity contribution < 1.29 is 14.2 Å². The second-order valence-corrected chi connectivity index (χ2v) is 4.04. The Balaban J connectivity index is 1.89. The summed E-state index contributed by atoms with van der Waals surface area (Å²) in [5, 5.41) is 7.17. The lowest BCUT2D eigenvalue weighted by Crippen LogP contribution is -2.19. The highest BCUT2D eigenvalue weighted by Crippen LogP contribution is 2.32. The first-order chi connectivity index (χ1) is 8.15. The summed E-state index contributed by atoms with van der Waals surface area (Å²) in [5.41, 5.74) is 6.32. The van der Waals surface area contributed by atoms with E-state index in [2.05, 4.69) is 0 Å². The van der Waals surface area contributed by atoms with Gasteiger partial charge in [0.2, 0.25) is 6.79 Å². The van der Waals surface area contributed by atoms with Crippen LogP contribution in [0.3, 0.4) is 0 Å². The molecule has 17 heavy (non-hydrogen) atoms. The average Bonchev–Trinajstić information content (AvgIpc) is 2.72. The van der Waals surface area contributed by atoms with Gasteiger partial charge in [-0.3, -0.25) is 5.41 Å². The molecule has 1 atom stereocenters. The van der Waals surface area contributed by atoms with E-state index in [1.807, 2.05) is 25.1 Å². The SMILES string of the molecule is CC(CC(=N)N)OCc1ccc2c(c1)OCO2. The van der Waals surface area contributed by atoms with Crippen LogP contribution in [0, 0.1) is 5.41 Å². The maximum atomic E-state index is 7.17. The summed E-state index contributed by atoms with van der Waals surface area (Å²) in [6, 6.07) is 5.72. The third-order valence-corrected chi connectivity index (χ3v) is 2.48. The van der Waals surface area contributed by atoms with Crippen LogP contribution >= 0.6 is 0 Å². The predicted octanol–water partition coefficient (Wildman–Crippen LogP) is 1.65. The highest BCUT2D eigenvalue weighted by atomic mass is 16.7. The van der Waals surface area contributed by atoms with E-state index in [9.17, 15) is 0 Å². The number of ether oxygens (including phenoxy) is 3. The van der Waals surface area contributed by atoms with E-state index in [0.717, 1.165) is 17.1 Å². The van der Waals surface area contributed by atoms with Crippen molar-refractivity contribution in [3.8, 4) is 11.5 Å². The van der Waals surface area contributed by atoms with E-state index in [0.29, 0.717) is 13.0 Å². The molecule has 1 unspecified atom stereocenters. The summed E-state index contributed by atoms with van der Waals surface area (Å²) in [6.45, 7) is 2.65. The molecule has 0 bridgehead atoms. The number of amidine groups is 1. The van der Waals surface area contributed by atoms with Gasteiger partial charge in [-0.15, -0.1) is 0 Å². The van der Waals surface area contributed by atoms with Crippen LogP contribution in [0.2, 0.25) is 0 Å². The van der Waals surface area contributed by atoms with E-state index in [4.69, 9.17) is 25.4 Å². The molecule has 0 saturated carbocycles. The smallest absolute Gasteiger partial charge is 0.231 e. The Morgan fingerprint density at radius 1 is 1.47 bits per heavy atom. The number of fused-ring (bicyclic) bond motifs is 1. The summed E-state index contributed by atoms with van der Waals surface area (Å²) in [4.78, 5) is 0. The van der Waals surface area contributed by atoms with E-state index < -0.39 is 0 Å². The second-order valence-electron chi connectivity index (χ2n) is 4.04. The molecule has 0 saturated heterocycles. The first kappa shape index (κ1) is 11.7. The number of nitrogens with two attached hydrogens (primary N) is 1. The van der Waals surface area contributed by atoms with Crippen molar-refractivity contribution in [1.82, 2.24) is 0 Å². The average molecular weight is 236 g/mol. The van der Waals surface area contributed by atoms with Crippen LogP contribution in [-0.4, -0.2) is 18.7 Å². The molecule has 1 aromatic rings. The Morgan fingerprint density at radius 2 is 2.24 bits per heavy atom. The maximum absolute atomic E-state index is 7.17. The van der Waals surface area contributed by atoms with Gasteiger partial charge < -0.3 is 19.9 Å². The molecule has 0 aliphatic carbocycles. The number of nitrogens with one attached hydrogen (secondary N) is 1. The zero-order valence-corrected chi connectivity index (χ0v) is 9.73. The predicted molar refractivity (Wildman–Crippen MR) is 63.3 cm³/mol. The van der Waals surface area contributed by atoms with Crippen LogP contribution in [0.4, 0.5) is 0 Å². The van der Waals surface area contributed by atoms with E-state index in [1.165, 1.54) is 0 Å². The normalized spacial score (nSPS) is 14.6. The monoisotopic (exact) mass is 236 g/mol. The van der Waals surface area contributed by atoms with Gasteiger partial charge in [0, 0.05) is 6.42 Å². The van der Waals surface area contributed by atoms with Crippen molar-refractivity contribution in [3.05, 3.63) is 23.8 Å². The maximum Gasteiger partial charge on any atom is 0.231 e. The summed E-state index contributed by atoms with van der Waals surface area (Å²) in [7, 11) is 0. The Kier molecular flexibility index (Phi) is 3.49. The number of rotatable bonds is 5. The minimum Gasteiger partial charge on any atom is -0.454 e. The van der Waals surface area contributed by atoms with Gasteiger partial charge in [0.25, 0.3) is 0 Å². The molecule has 5 nitrogen and oxygen atoms in total. The standard InChI is InChI=1S/C12H16N2O3/c1-8(4-12(13)14)15-6-9-2-3-10-11(5-9)17-7-16-10/h2-3,5,8H,4,6-7H2,1H3,(H3,13,14). The molecule has 1 aliphatic heterocycles. The third-order valence-electron chi connectivity index (χ3n) is 2.48. The fraction of sp³-hybridized carbons (Fsp3) is 0.417. The minimum absolute atomic E-state index is 0.0575. The molecule has 0 radical (unpaired) electrons. The molecule has 1 aromatic carbocycles. The highest BCUT2D eigenvalue weighted by molar-refractivity contribution is 5.77. The van der Waals surface area contributed by atoms with E-state index in [1.54, 1.807) is 0 Å². The van der Waals surface area contributed by atoms with Crippen LogP contribution in [0.5, 0.6) is 11.5 Å². The van der Waals surface area contributed by atoms with Gasteiger partial charge in [-0.2, -0.15) is 0 Å². The molecule has 0 amide bonds. The van der Waals surface area contributed by atoms with Gasteiger partial charge in [0.05, 0.1) is 18.5 Å².